The molecule has 0 amide bonds. The molecule has 1 unspecified atom stereocenters. The molecule has 0 saturated carbocycles. The van der Waals surface area contributed by atoms with E-state index in [1.54, 1.807) is 47.8 Å². The molecule has 1 atom stereocenters. The lowest BCUT2D eigenvalue weighted by Gasteiger charge is -2.35. The van der Waals surface area contributed by atoms with E-state index in [4.69, 9.17) is 0 Å². The SMILES string of the molecule is CC(O)(c1ccc(N2CCN(Sc3cccs3)CC2)cc1)C(F)(F)F.Cn1ccc2nccnc21. The molecule has 35 heavy (non-hydrogen) atoms. The number of halogens is 3. The zero-order chi connectivity index (χ0) is 25.1. The third-order valence-corrected chi connectivity index (χ3v) is 7.91. The summed E-state index contributed by atoms with van der Waals surface area (Å²) in [5, 5.41) is 11.8. The lowest BCUT2D eigenvalue weighted by atomic mass is 9.95. The van der Waals surface area contributed by atoms with Crippen LogP contribution in [0.4, 0.5) is 18.9 Å². The topological polar surface area (TPSA) is 57.4 Å². The first-order valence-corrected chi connectivity index (χ1v) is 12.6. The van der Waals surface area contributed by atoms with Crippen LogP contribution in [0, 0.1) is 0 Å². The van der Waals surface area contributed by atoms with Crippen molar-refractivity contribution in [3.63, 3.8) is 0 Å². The number of nitrogens with zero attached hydrogens (tertiary/aromatic N) is 5. The maximum Gasteiger partial charge on any atom is 0.421 e. The van der Waals surface area contributed by atoms with Crippen LogP contribution in [0.5, 0.6) is 0 Å². The van der Waals surface area contributed by atoms with Crippen LogP contribution in [-0.4, -0.2) is 56.3 Å². The summed E-state index contributed by atoms with van der Waals surface area (Å²) < 4.78 is 44.2. The van der Waals surface area contributed by atoms with Crippen molar-refractivity contribution >= 4 is 40.1 Å². The Balaban J connectivity index is 0.000000239. The highest BCUT2D eigenvalue weighted by molar-refractivity contribution is 7.98. The minimum absolute atomic E-state index is 0.143. The third kappa shape index (κ3) is 5.97. The number of rotatable bonds is 4. The molecule has 0 aliphatic carbocycles. The Morgan fingerprint density at radius 1 is 0.971 bits per heavy atom. The molecular weight excluding hydrogens is 495 g/mol. The van der Waals surface area contributed by atoms with Crippen molar-refractivity contribution in [3.8, 4) is 0 Å². The summed E-state index contributed by atoms with van der Waals surface area (Å²) in [6.45, 7) is 4.17. The third-order valence-electron chi connectivity index (χ3n) is 5.80. The summed E-state index contributed by atoms with van der Waals surface area (Å²) in [6.07, 6.45) is 0.647. The maximum atomic E-state index is 12.9. The minimum atomic E-state index is -4.70. The first-order chi connectivity index (χ1) is 16.6. The van der Waals surface area contributed by atoms with E-state index in [0.29, 0.717) is 0 Å². The normalized spacial score (nSPS) is 16.6. The van der Waals surface area contributed by atoms with E-state index in [1.165, 1.54) is 16.3 Å². The number of aromatic nitrogens is 3. The number of thiophene rings is 1. The van der Waals surface area contributed by atoms with Gasteiger partial charge in [0.1, 0.15) is 5.52 Å². The molecule has 1 aliphatic rings. The Labute approximate surface area is 210 Å². The standard InChI is InChI=1S/C17H19F3N2OS2.C7H7N3/c1-16(23,17(18,19)20)13-4-6-14(7-5-13)21-8-10-22(11-9-21)25-15-3-2-12-24-15;1-10-5-2-6-7(10)9-4-3-8-6/h2-7,12,23H,8-11H2,1H3;2-5H,1H3. The van der Waals surface area contributed by atoms with Gasteiger partial charge < -0.3 is 14.6 Å². The Hall–Kier alpha value is -2.60. The van der Waals surface area contributed by atoms with Crippen LogP contribution in [0.3, 0.4) is 0 Å². The van der Waals surface area contributed by atoms with E-state index in [2.05, 4.69) is 30.6 Å². The van der Waals surface area contributed by atoms with E-state index in [0.717, 1.165) is 50.0 Å². The number of alkyl halides is 3. The molecule has 186 valence electrons. The average molecular weight is 522 g/mol. The van der Waals surface area contributed by atoms with Gasteiger partial charge in [-0.25, -0.2) is 9.29 Å². The highest BCUT2D eigenvalue weighted by Gasteiger charge is 2.51. The molecule has 0 spiro atoms. The molecule has 1 fully saturated rings. The van der Waals surface area contributed by atoms with Crippen molar-refractivity contribution in [3.05, 3.63) is 72.0 Å². The molecule has 1 saturated heterocycles. The predicted molar refractivity (Wildman–Crippen MR) is 135 cm³/mol. The van der Waals surface area contributed by atoms with Crippen LogP contribution in [-0.2, 0) is 12.6 Å². The van der Waals surface area contributed by atoms with Crippen molar-refractivity contribution in [1.82, 2.24) is 18.8 Å². The minimum Gasteiger partial charge on any atom is -0.376 e. The number of hydrogen-bond acceptors (Lipinski definition) is 7. The molecule has 4 aromatic rings. The summed E-state index contributed by atoms with van der Waals surface area (Å²) in [4.78, 5) is 10.4. The van der Waals surface area contributed by atoms with Crippen LogP contribution in [0.1, 0.15) is 12.5 Å². The number of fused-ring (bicyclic) bond motifs is 1. The Morgan fingerprint density at radius 3 is 2.26 bits per heavy atom. The van der Waals surface area contributed by atoms with E-state index in [-0.39, 0.29) is 5.56 Å². The van der Waals surface area contributed by atoms with Gasteiger partial charge in [0, 0.05) is 57.5 Å². The Kier molecular flexibility index (Phi) is 7.70. The van der Waals surface area contributed by atoms with Crippen molar-refractivity contribution in [2.24, 2.45) is 7.05 Å². The van der Waals surface area contributed by atoms with Crippen molar-refractivity contribution in [2.75, 3.05) is 31.1 Å². The van der Waals surface area contributed by atoms with Gasteiger partial charge in [0.25, 0.3) is 0 Å². The van der Waals surface area contributed by atoms with Gasteiger partial charge >= 0.3 is 6.18 Å². The van der Waals surface area contributed by atoms with Crippen LogP contribution >= 0.6 is 23.3 Å². The Morgan fingerprint density at radius 2 is 1.66 bits per heavy atom. The second-order valence-corrected chi connectivity index (χ2v) is 10.6. The van der Waals surface area contributed by atoms with Gasteiger partial charge in [-0.1, -0.05) is 18.2 Å². The van der Waals surface area contributed by atoms with Gasteiger partial charge in [0.2, 0.25) is 0 Å². The fourth-order valence-corrected chi connectivity index (χ4v) is 5.47. The van der Waals surface area contributed by atoms with Gasteiger partial charge in [-0.15, -0.1) is 11.3 Å². The van der Waals surface area contributed by atoms with E-state index in [1.807, 2.05) is 29.9 Å². The monoisotopic (exact) mass is 521 g/mol. The molecule has 0 bridgehead atoms. The second kappa shape index (κ2) is 10.6. The molecule has 11 heteroatoms. The molecule has 5 rings (SSSR count). The summed E-state index contributed by atoms with van der Waals surface area (Å²) in [7, 11) is 1.96. The molecule has 3 aromatic heterocycles. The average Bonchev–Trinajstić information content (AvgIpc) is 3.49. The van der Waals surface area contributed by atoms with Gasteiger partial charge in [0.05, 0.1) is 4.21 Å². The van der Waals surface area contributed by atoms with Crippen LogP contribution in [0.2, 0.25) is 0 Å². The van der Waals surface area contributed by atoms with Crippen molar-refractivity contribution in [1.29, 1.82) is 0 Å². The largest absolute Gasteiger partial charge is 0.421 e. The summed E-state index contributed by atoms with van der Waals surface area (Å²) in [5.74, 6) is 0. The molecule has 1 aromatic carbocycles. The fourth-order valence-electron chi connectivity index (χ4n) is 3.62. The number of anilines is 1. The zero-order valence-electron chi connectivity index (χ0n) is 19.3. The number of hydrogen-bond donors (Lipinski definition) is 1. The molecular formula is C24H26F3N5OS2. The molecule has 6 nitrogen and oxygen atoms in total. The van der Waals surface area contributed by atoms with Gasteiger partial charge in [-0.05, 0) is 54.1 Å². The first kappa shape index (κ1) is 25.5. The number of aliphatic hydroxyl groups is 1. The zero-order valence-corrected chi connectivity index (χ0v) is 20.9. The van der Waals surface area contributed by atoms with E-state index >= 15 is 0 Å². The highest BCUT2D eigenvalue weighted by atomic mass is 32.2. The maximum absolute atomic E-state index is 12.9. The Bertz CT molecular complexity index is 1220. The summed E-state index contributed by atoms with van der Waals surface area (Å²) >= 11 is 3.46. The molecule has 1 aliphatic heterocycles. The smallest absolute Gasteiger partial charge is 0.376 e. The van der Waals surface area contributed by atoms with Crippen molar-refractivity contribution in [2.45, 2.75) is 22.9 Å². The number of piperazine rings is 1. The van der Waals surface area contributed by atoms with Gasteiger partial charge in [-0.2, -0.15) is 13.2 Å². The second-order valence-electron chi connectivity index (χ2n) is 8.25. The number of aryl methyl sites for hydroxylation is 1. The van der Waals surface area contributed by atoms with Gasteiger partial charge in [-0.3, -0.25) is 4.98 Å². The van der Waals surface area contributed by atoms with Crippen molar-refractivity contribution < 1.29 is 18.3 Å². The number of benzene rings is 1. The van der Waals surface area contributed by atoms with Crippen LogP contribution < -0.4 is 4.90 Å². The fraction of sp³-hybridized carbons (Fsp3) is 0.333. The van der Waals surface area contributed by atoms with E-state index in [9.17, 15) is 18.3 Å². The lowest BCUT2D eigenvalue weighted by molar-refractivity contribution is -0.258. The van der Waals surface area contributed by atoms with Crippen LogP contribution in [0.15, 0.2) is 70.6 Å². The first-order valence-electron chi connectivity index (χ1n) is 11.0. The highest BCUT2D eigenvalue weighted by Crippen LogP contribution is 2.39. The predicted octanol–water partition coefficient (Wildman–Crippen LogP) is 5.32. The lowest BCUT2D eigenvalue weighted by Crippen LogP contribution is -2.43. The van der Waals surface area contributed by atoms with Crippen LogP contribution in [0.25, 0.3) is 11.2 Å². The quantitative estimate of drug-likeness (QED) is 0.367. The molecule has 1 N–H and O–H groups in total. The summed E-state index contributed by atoms with van der Waals surface area (Å²) in [6, 6.07) is 12.1. The van der Waals surface area contributed by atoms with Gasteiger partial charge in [0.15, 0.2) is 11.2 Å². The molecule has 0 radical (unpaired) electrons. The molecule has 4 heterocycles. The summed E-state index contributed by atoms with van der Waals surface area (Å²) in [5.41, 5.74) is -0.215. The van der Waals surface area contributed by atoms with E-state index < -0.39 is 11.8 Å².